The van der Waals surface area contributed by atoms with E-state index in [1.807, 2.05) is 18.2 Å². The smallest absolute Gasteiger partial charge is 0.293 e. The lowest BCUT2D eigenvalue weighted by atomic mass is 9.96. The summed E-state index contributed by atoms with van der Waals surface area (Å²) in [5, 5.41) is 3.34. The normalized spacial score (nSPS) is 11.6. The van der Waals surface area contributed by atoms with Gasteiger partial charge in [0.2, 0.25) is 0 Å². The van der Waals surface area contributed by atoms with Crippen molar-refractivity contribution in [3.8, 4) is 17.6 Å². The largest absolute Gasteiger partial charge is 0.496 e. The van der Waals surface area contributed by atoms with Crippen LogP contribution in [0.3, 0.4) is 0 Å². The zero-order valence-corrected chi connectivity index (χ0v) is 12.3. The number of nitrogens with one attached hydrogen (secondary N) is 1. The number of para-hydroxylation sites is 1. The molecule has 0 heterocycles. The molecule has 0 aliphatic heterocycles. The second-order valence-electron chi connectivity index (χ2n) is 4.91. The van der Waals surface area contributed by atoms with Crippen LogP contribution in [-0.4, -0.2) is 25.6 Å². The van der Waals surface area contributed by atoms with E-state index in [9.17, 15) is 4.79 Å². The van der Waals surface area contributed by atoms with Crippen molar-refractivity contribution >= 4 is 5.91 Å². The molecule has 0 radical (unpaired) electrons. The Bertz CT molecular complexity index is 501. The molecule has 1 atom stereocenters. The lowest BCUT2D eigenvalue weighted by Crippen LogP contribution is -2.36. The van der Waals surface area contributed by atoms with E-state index in [4.69, 9.17) is 10.5 Å². The number of hydrogen-bond donors (Lipinski definition) is 2. The third-order valence-corrected chi connectivity index (χ3v) is 3.10. The van der Waals surface area contributed by atoms with E-state index in [1.54, 1.807) is 7.11 Å². The van der Waals surface area contributed by atoms with Gasteiger partial charge in [0.05, 0.1) is 13.7 Å². The molecule has 1 amide bonds. The summed E-state index contributed by atoms with van der Waals surface area (Å²) in [6, 6.07) is 8.24. The van der Waals surface area contributed by atoms with Crippen LogP contribution in [0, 0.1) is 17.8 Å². The highest BCUT2D eigenvalue weighted by Gasteiger charge is 2.15. The van der Waals surface area contributed by atoms with E-state index in [0.29, 0.717) is 12.5 Å². The molecule has 0 aliphatic carbocycles. The van der Waals surface area contributed by atoms with Crippen molar-refractivity contribution in [2.45, 2.75) is 26.3 Å². The highest BCUT2D eigenvalue weighted by Crippen LogP contribution is 2.20. The second kappa shape index (κ2) is 8.23. The van der Waals surface area contributed by atoms with Crippen LogP contribution < -0.4 is 15.8 Å². The topological polar surface area (TPSA) is 64.3 Å². The number of amides is 1. The Hall–Kier alpha value is -1.99. The lowest BCUT2D eigenvalue weighted by molar-refractivity contribution is -0.112. The summed E-state index contributed by atoms with van der Waals surface area (Å²) in [6.45, 7) is 4.74. The monoisotopic (exact) mass is 274 g/mol. The summed E-state index contributed by atoms with van der Waals surface area (Å²) in [5.41, 5.74) is 6.13. The number of rotatable bonds is 6. The maximum Gasteiger partial charge on any atom is 0.293 e. The van der Waals surface area contributed by atoms with Crippen molar-refractivity contribution in [3.63, 3.8) is 0 Å². The molecular weight excluding hydrogens is 252 g/mol. The third kappa shape index (κ3) is 5.33. The molecule has 0 bridgehead atoms. The first-order valence-corrected chi connectivity index (χ1v) is 6.68. The van der Waals surface area contributed by atoms with E-state index >= 15 is 0 Å². The lowest BCUT2D eigenvalue weighted by Gasteiger charge is -2.22. The number of primary amides is 1. The Kier molecular flexibility index (Phi) is 6.61. The van der Waals surface area contributed by atoms with Crippen LogP contribution in [0.1, 0.15) is 19.4 Å². The molecule has 4 nitrogen and oxygen atoms in total. The van der Waals surface area contributed by atoms with Gasteiger partial charge in [-0.3, -0.25) is 4.79 Å². The molecule has 0 fully saturated rings. The van der Waals surface area contributed by atoms with Crippen LogP contribution in [-0.2, 0) is 11.2 Å². The number of carbonyl (C=O) groups excluding carboxylic acids is 1. The van der Waals surface area contributed by atoms with E-state index in [1.165, 1.54) is 0 Å². The molecule has 0 spiro atoms. The van der Waals surface area contributed by atoms with Gasteiger partial charge in [0, 0.05) is 6.04 Å². The minimum atomic E-state index is -0.599. The van der Waals surface area contributed by atoms with E-state index in [2.05, 4.69) is 37.1 Å². The predicted molar refractivity (Wildman–Crippen MR) is 80.3 cm³/mol. The Morgan fingerprint density at radius 2 is 2.10 bits per heavy atom. The number of benzene rings is 1. The quantitative estimate of drug-likeness (QED) is 0.769. The Morgan fingerprint density at radius 3 is 2.70 bits per heavy atom. The highest BCUT2D eigenvalue weighted by molar-refractivity contribution is 5.91. The molecule has 0 aliphatic rings. The predicted octanol–water partition coefficient (Wildman–Crippen LogP) is 1.34. The summed E-state index contributed by atoms with van der Waals surface area (Å²) in [5.74, 6) is 5.78. The molecule has 3 N–H and O–H groups in total. The van der Waals surface area contributed by atoms with Gasteiger partial charge in [-0.15, -0.1) is 0 Å². The van der Waals surface area contributed by atoms with Crippen LogP contribution in [0.25, 0.3) is 0 Å². The second-order valence-corrected chi connectivity index (χ2v) is 4.91. The first kappa shape index (κ1) is 16.1. The van der Waals surface area contributed by atoms with Gasteiger partial charge in [-0.1, -0.05) is 38.0 Å². The van der Waals surface area contributed by atoms with Crippen molar-refractivity contribution < 1.29 is 9.53 Å². The van der Waals surface area contributed by atoms with Gasteiger partial charge in [-0.25, -0.2) is 0 Å². The van der Waals surface area contributed by atoms with Gasteiger partial charge in [-0.05, 0) is 29.9 Å². The van der Waals surface area contributed by atoms with Gasteiger partial charge < -0.3 is 15.8 Å². The molecular formula is C16H22N2O2. The fourth-order valence-corrected chi connectivity index (χ4v) is 1.97. The molecule has 1 unspecified atom stereocenters. The Morgan fingerprint density at radius 1 is 1.40 bits per heavy atom. The van der Waals surface area contributed by atoms with Crippen molar-refractivity contribution in [3.05, 3.63) is 29.8 Å². The molecule has 1 aromatic carbocycles. The molecule has 4 heteroatoms. The van der Waals surface area contributed by atoms with E-state index < -0.39 is 5.91 Å². The summed E-state index contributed by atoms with van der Waals surface area (Å²) in [4.78, 5) is 10.6. The Balaban J connectivity index is 2.68. The first-order valence-electron chi connectivity index (χ1n) is 6.68. The van der Waals surface area contributed by atoms with Crippen LogP contribution in [0.15, 0.2) is 24.3 Å². The molecule has 0 saturated heterocycles. The standard InChI is InChI=1S/C16H22N2O2/c1-12(2)14(18-10-6-9-16(17)19)11-13-7-4-5-8-15(13)20-3/h4-5,7-8,12,14,18H,10-11H2,1-3H3,(H2,17,19). The number of ether oxygens (including phenoxy) is 1. The number of methoxy groups -OCH3 is 1. The van der Waals surface area contributed by atoms with E-state index in [0.717, 1.165) is 17.7 Å². The highest BCUT2D eigenvalue weighted by atomic mass is 16.5. The molecule has 20 heavy (non-hydrogen) atoms. The Labute approximate surface area is 120 Å². The van der Waals surface area contributed by atoms with Crippen molar-refractivity contribution in [1.29, 1.82) is 0 Å². The van der Waals surface area contributed by atoms with Crippen LogP contribution in [0.5, 0.6) is 5.75 Å². The minimum absolute atomic E-state index is 0.258. The SMILES string of the molecule is COc1ccccc1CC(NCC#CC(N)=O)C(C)C. The van der Waals surface area contributed by atoms with Crippen molar-refractivity contribution in [2.24, 2.45) is 11.7 Å². The average Bonchev–Trinajstić information content (AvgIpc) is 2.42. The molecule has 1 rings (SSSR count). The fourth-order valence-electron chi connectivity index (χ4n) is 1.97. The first-order chi connectivity index (χ1) is 9.54. The summed E-state index contributed by atoms with van der Waals surface area (Å²) >= 11 is 0. The van der Waals surface area contributed by atoms with Crippen LogP contribution >= 0.6 is 0 Å². The fraction of sp³-hybridized carbons (Fsp3) is 0.438. The molecule has 0 saturated carbocycles. The van der Waals surface area contributed by atoms with Crippen molar-refractivity contribution in [2.75, 3.05) is 13.7 Å². The summed E-state index contributed by atoms with van der Waals surface area (Å²) < 4.78 is 5.37. The number of hydrogen-bond acceptors (Lipinski definition) is 3. The van der Waals surface area contributed by atoms with Gasteiger partial charge in [0.15, 0.2) is 0 Å². The van der Waals surface area contributed by atoms with Crippen LogP contribution in [0.2, 0.25) is 0 Å². The van der Waals surface area contributed by atoms with E-state index in [-0.39, 0.29) is 6.04 Å². The van der Waals surface area contributed by atoms with Gasteiger partial charge >= 0.3 is 0 Å². The van der Waals surface area contributed by atoms with Crippen LogP contribution in [0.4, 0.5) is 0 Å². The van der Waals surface area contributed by atoms with Gasteiger partial charge in [0.1, 0.15) is 5.75 Å². The maximum atomic E-state index is 10.6. The maximum absolute atomic E-state index is 10.6. The zero-order chi connectivity index (χ0) is 15.0. The molecule has 0 aromatic heterocycles. The molecule has 1 aromatic rings. The molecule has 108 valence electrons. The van der Waals surface area contributed by atoms with Gasteiger partial charge in [-0.2, -0.15) is 0 Å². The minimum Gasteiger partial charge on any atom is -0.496 e. The number of carbonyl (C=O) groups is 1. The third-order valence-electron chi connectivity index (χ3n) is 3.10. The van der Waals surface area contributed by atoms with Gasteiger partial charge in [0.25, 0.3) is 5.91 Å². The summed E-state index contributed by atoms with van der Waals surface area (Å²) in [7, 11) is 1.68. The zero-order valence-electron chi connectivity index (χ0n) is 12.3. The number of nitrogens with two attached hydrogens (primary N) is 1. The average molecular weight is 274 g/mol. The summed E-state index contributed by atoms with van der Waals surface area (Å²) in [6.07, 6.45) is 0.847. The van der Waals surface area contributed by atoms with Crippen molar-refractivity contribution in [1.82, 2.24) is 5.32 Å².